The van der Waals surface area contributed by atoms with E-state index in [2.05, 4.69) is 72.8 Å². The number of hydrogen-bond donors (Lipinski definition) is 0. The van der Waals surface area contributed by atoms with E-state index >= 15 is 9.59 Å². The summed E-state index contributed by atoms with van der Waals surface area (Å²) in [6.45, 7) is 0. The molecule has 3 heteroatoms. The number of benzene rings is 10. The van der Waals surface area contributed by atoms with Gasteiger partial charge in [-0.2, -0.15) is 0 Å². The van der Waals surface area contributed by atoms with Crippen molar-refractivity contribution in [3.63, 3.8) is 0 Å². The molecule has 0 aliphatic heterocycles. The molecule has 10 aromatic carbocycles. The van der Waals surface area contributed by atoms with Crippen molar-refractivity contribution in [2.24, 2.45) is 0 Å². The molecule has 10 aromatic rings. The smallest absolute Gasteiger partial charge is 0.195 e. The molecule has 2 aliphatic rings. The lowest BCUT2D eigenvalue weighted by molar-refractivity contribution is -0.109. The highest BCUT2D eigenvalue weighted by Gasteiger charge is 2.37. The van der Waals surface area contributed by atoms with Crippen molar-refractivity contribution in [1.29, 1.82) is 0 Å². The highest BCUT2D eigenvalue weighted by atomic mass is 16.5. The third-order valence-electron chi connectivity index (χ3n) is 13.7. The normalized spacial score (nSPS) is 13.6. The van der Waals surface area contributed by atoms with Gasteiger partial charge >= 0.3 is 0 Å². The maximum Gasteiger partial charge on any atom is 0.195 e. The number of carbonyl (C=O) groups is 2. The number of hydrogen-bond acceptors (Lipinski definition) is 3. The second-order valence-electron chi connectivity index (χ2n) is 18.2. The highest BCUT2D eigenvalue weighted by Crippen LogP contribution is 2.52. The van der Waals surface area contributed by atoms with Gasteiger partial charge in [0.15, 0.2) is 11.6 Å². The van der Waals surface area contributed by atoms with Crippen molar-refractivity contribution in [2.75, 3.05) is 0 Å². The van der Waals surface area contributed by atoms with Crippen LogP contribution in [-0.4, -0.2) is 11.6 Å². The molecule has 0 heterocycles. The molecule has 0 amide bonds. The molecule has 0 spiro atoms. The number of ketones is 2. The van der Waals surface area contributed by atoms with Gasteiger partial charge in [0.1, 0.15) is 11.5 Å². The Balaban J connectivity index is 0.917. The lowest BCUT2D eigenvalue weighted by Crippen LogP contribution is -2.01. The molecule has 0 fully saturated rings. The SMILES string of the molecule is O=C1C(c2ccccc2)=C(c2ccc(Oc3ccc(C4=C(c5ccccc5)C(=O)C(c5ccccc5)=C4c4ccc(-c5ccccc5)cc4)cc3)cc2)C(c2ccc(-c3ccccc3)cc2)=C1c1ccccc1. The van der Waals surface area contributed by atoms with E-state index in [9.17, 15) is 0 Å². The van der Waals surface area contributed by atoms with Crippen molar-refractivity contribution in [2.45, 2.75) is 0 Å². The molecule has 0 bridgehead atoms. The van der Waals surface area contributed by atoms with Crippen molar-refractivity contribution in [1.82, 2.24) is 0 Å². The van der Waals surface area contributed by atoms with Crippen LogP contribution in [0.2, 0.25) is 0 Å². The minimum Gasteiger partial charge on any atom is -0.457 e. The molecule has 0 unspecified atom stereocenters. The van der Waals surface area contributed by atoms with E-state index in [-0.39, 0.29) is 11.6 Å². The van der Waals surface area contributed by atoms with Crippen LogP contribution >= 0.6 is 0 Å². The standard InChI is InChI=1S/C70H46O3/c71-69-65(51-23-11-3-12-24-51)61(55-35-31-49(32-36-55)47-19-7-1-8-20-47)63(67(69)53-27-15-5-16-28-53)57-39-43-59(44-40-57)73-60-45-41-58(42-46-60)64-62(56-37-33-50(34-38-56)48-21-9-2-10-22-48)66(52-25-13-4-14-26-52)70(72)68(64)54-29-17-6-18-30-54/h1-46H. The average molecular weight is 935 g/mol. The Morgan fingerprint density at radius 2 is 0.329 bits per heavy atom. The predicted molar refractivity (Wildman–Crippen MR) is 300 cm³/mol. The molecule has 73 heavy (non-hydrogen) atoms. The minimum atomic E-state index is -0.0115. The summed E-state index contributed by atoms with van der Waals surface area (Å²) >= 11 is 0. The Labute approximate surface area is 425 Å². The molecule has 0 saturated carbocycles. The van der Waals surface area contributed by atoms with Crippen LogP contribution in [-0.2, 0) is 9.59 Å². The van der Waals surface area contributed by atoms with Crippen LogP contribution in [0.5, 0.6) is 11.5 Å². The fraction of sp³-hybridized carbons (Fsp3) is 0. The second-order valence-corrected chi connectivity index (χ2v) is 18.2. The Morgan fingerprint density at radius 1 is 0.164 bits per heavy atom. The van der Waals surface area contributed by atoms with E-state index < -0.39 is 0 Å². The predicted octanol–water partition coefficient (Wildman–Crippen LogP) is 17.0. The maximum absolute atomic E-state index is 15.0. The molecule has 0 N–H and O–H groups in total. The van der Waals surface area contributed by atoms with Gasteiger partial charge in [0.25, 0.3) is 0 Å². The first-order valence-electron chi connectivity index (χ1n) is 24.6. The summed E-state index contributed by atoms with van der Waals surface area (Å²) < 4.78 is 6.60. The van der Waals surface area contributed by atoms with Crippen molar-refractivity contribution < 1.29 is 14.3 Å². The molecule has 3 nitrogen and oxygen atoms in total. The monoisotopic (exact) mass is 934 g/mol. The van der Waals surface area contributed by atoms with Gasteiger partial charge in [-0.05, 0) is 91.0 Å². The van der Waals surface area contributed by atoms with Crippen LogP contribution in [0.4, 0.5) is 0 Å². The highest BCUT2D eigenvalue weighted by molar-refractivity contribution is 6.60. The summed E-state index contributed by atoms with van der Waals surface area (Å²) in [4.78, 5) is 30.0. The molecule has 2 aliphatic carbocycles. The van der Waals surface area contributed by atoms with E-state index in [1.54, 1.807) is 0 Å². The molecular weight excluding hydrogens is 889 g/mol. The number of rotatable bonds is 12. The summed E-state index contributed by atoms with van der Waals surface area (Å²) in [7, 11) is 0. The van der Waals surface area contributed by atoms with Crippen LogP contribution in [0.1, 0.15) is 44.5 Å². The zero-order valence-corrected chi connectivity index (χ0v) is 39.8. The summed E-state index contributed by atoms with van der Waals surface area (Å²) in [5, 5.41) is 0. The van der Waals surface area contributed by atoms with Crippen LogP contribution in [0.15, 0.2) is 279 Å². The number of carbonyl (C=O) groups excluding carboxylic acids is 2. The third-order valence-corrected chi connectivity index (χ3v) is 13.7. The second kappa shape index (κ2) is 19.6. The van der Waals surface area contributed by atoms with Gasteiger partial charge in [-0.15, -0.1) is 0 Å². The lowest BCUT2D eigenvalue weighted by atomic mass is 9.88. The maximum atomic E-state index is 15.0. The molecule has 344 valence electrons. The summed E-state index contributed by atoms with van der Waals surface area (Å²) in [6.07, 6.45) is 0. The number of Topliss-reactive ketones (excluding diaryl/α,β-unsaturated/α-hetero) is 2. The molecule has 0 saturated heterocycles. The molecule has 12 rings (SSSR count). The fourth-order valence-corrected chi connectivity index (χ4v) is 10.3. The van der Waals surface area contributed by atoms with Crippen molar-refractivity contribution in [3.8, 4) is 33.8 Å². The number of allylic oxidation sites excluding steroid dienone is 8. The first-order chi connectivity index (χ1) is 36.1. The van der Waals surface area contributed by atoms with Gasteiger partial charge in [-0.1, -0.05) is 255 Å². The summed E-state index contributed by atoms with van der Waals surface area (Å²) in [5.41, 5.74) is 17.9. The first-order valence-corrected chi connectivity index (χ1v) is 24.6. The van der Waals surface area contributed by atoms with Crippen LogP contribution in [0.25, 0.3) is 66.8 Å². The topological polar surface area (TPSA) is 43.4 Å². The number of ether oxygens (including phenoxy) is 1. The summed E-state index contributed by atoms with van der Waals surface area (Å²) in [6, 6.07) is 93.7. The Morgan fingerprint density at radius 3 is 0.562 bits per heavy atom. The van der Waals surface area contributed by atoms with Crippen molar-refractivity contribution in [3.05, 3.63) is 324 Å². The van der Waals surface area contributed by atoms with E-state index in [1.165, 1.54) is 0 Å². The Hall–Kier alpha value is -9.70. The zero-order chi connectivity index (χ0) is 49.1. The average Bonchev–Trinajstić information content (AvgIpc) is 3.95. The minimum absolute atomic E-state index is 0.0115. The Bertz CT molecular complexity index is 3520. The fourth-order valence-electron chi connectivity index (χ4n) is 10.3. The summed E-state index contributed by atoms with van der Waals surface area (Å²) in [5.74, 6) is 1.27. The molecule has 0 atom stereocenters. The zero-order valence-electron chi connectivity index (χ0n) is 39.8. The lowest BCUT2D eigenvalue weighted by Gasteiger charge is -2.16. The van der Waals surface area contributed by atoms with Gasteiger partial charge in [0, 0.05) is 44.6 Å². The van der Waals surface area contributed by atoms with Gasteiger partial charge in [-0.25, -0.2) is 0 Å². The van der Waals surface area contributed by atoms with E-state index in [4.69, 9.17) is 4.74 Å². The molecule has 0 radical (unpaired) electrons. The Kier molecular flexibility index (Phi) is 11.9. The van der Waals surface area contributed by atoms with E-state index in [1.807, 2.05) is 206 Å². The van der Waals surface area contributed by atoms with Gasteiger partial charge in [0.05, 0.1) is 0 Å². The van der Waals surface area contributed by atoms with Crippen LogP contribution in [0, 0.1) is 0 Å². The van der Waals surface area contributed by atoms with Crippen molar-refractivity contribution >= 4 is 56.2 Å². The van der Waals surface area contributed by atoms with E-state index in [0.717, 1.165) is 89.1 Å². The van der Waals surface area contributed by atoms with Crippen LogP contribution in [0.3, 0.4) is 0 Å². The first kappa shape index (κ1) is 44.5. The quantitative estimate of drug-likeness (QED) is 0.123. The van der Waals surface area contributed by atoms with Gasteiger partial charge in [-0.3, -0.25) is 9.59 Å². The van der Waals surface area contributed by atoms with E-state index in [0.29, 0.717) is 33.8 Å². The molecular formula is C70H46O3. The molecule has 0 aromatic heterocycles. The largest absolute Gasteiger partial charge is 0.457 e. The van der Waals surface area contributed by atoms with Gasteiger partial charge < -0.3 is 4.74 Å². The van der Waals surface area contributed by atoms with Crippen LogP contribution < -0.4 is 4.74 Å². The third kappa shape index (κ3) is 8.60. The van der Waals surface area contributed by atoms with Gasteiger partial charge in [0.2, 0.25) is 0 Å².